The van der Waals surface area contributed by atoms with Crippen molar-refractivity contribution in [1.82, 2.24) is 4.98 Å². The van der Waals surface area contributed by atoms with E-state index in [1.807, 2.05) is 31.2 Å². The molecule has 0 saturated heterocycles. The summed E-state index contributed by atoms with van der Waals surface area (Å²) in [6.07, 6.45) is 0. The molecule has 1 aromatic heterocycles. The Labute approximate surface area is 125 Å². The summed E-state index contributed by atoms with van der Waals surface area (Å²) in [5.74, 6) is -0.467. The predicted molar refractivity (Wildman–Crippen MR) is 80.7 cm³/mol. The number of aromatic nitrogens is 1. The van der Waals surface area contributed by atoms with Gasteiger partial charge in [-0.3, -0.25) is 4.98 Å². The second-order valence-corrected chi connectivity index (χ2v) is 5.48. The average molecular weight is 308 g/mol. The number of nitrogens with one attached hydrogen (secondary N) is 1. The highest BCUT2D eigenvalue weighted by Crippen LogP contribution is 2.32. The maximum absolute atomic E-state index is 11.2. The van der Waals surface area contributed by atoms with Crippen LogP contribution in [0.2, 0.25) is 5.02 Å². The highest BCUT2D eigenvalue weighted by Gasteiger charge is 2.13. The predicted octanol–water partition coefficient (Wildman–Crippen LogP) is 4.41. The standard InChI is InChI=1S/C15H11Cl2NO2/c1-8-6-9(2-4-11(8)16)14(17)10-3-5-12-13(7-10)20-15(19)18-12/h2-7,14H,1H3,(H,18,19). The van der Waals surface area contributed by atoms with E-state index >= 15 is 0 Å². The maximum Gasteiger partial charge on any atom is 0.417 e. The van der Waals surface area contributed by atoms with Crippen molar-refractivity contribution >= 4 is 34.3 Å². The minimum Gasteiger partial charge on any atom is -0.408 e. The molecule has 3 rings (SSSR count). The van der Waals surface area contributed by atoms with Crippen molar-refractivity contribution in [1.29, 1.82) is 0 Å². The molecule has 20 heavy (non-hydrogen) atoms. The Balaban J connectivity index is 2.04. The molecule has 0 radical (unpaired) electrons. The summed E-state index contributed by atoms with van der Waals surface area (Å²) in [6, 6.07) is 11.1. The summed E-state index contributed by atoms with van der Waals surface area (Å²) < 4.78 is 5.05. The van der Waals surface area contributed by atoms with Crippen LogP contribution in [0.4, 0.5) is 0 Å². The Bertz CT molecular complexity index is 835. The van der Waals surface area contributed by atoms with Gasteiger partial charge in [-0.15, -0.1) is 11.6 Å². The van der Waals surface area contributed by atoms with E-state index in [2.05, 4.69) is 4.98 Å². The number of H-pyrrole nitrogens is 1. The fourth-order valence-electron chi connectivity index (χ4n) is 2.14. The van der Waals surface area contributed by atoms with Gasteiger partial charge in [0.05, 0.1) is 10.9 Å². The van der Waals surface area contributed by atoms with Gasteiger partial charge in [0.25, 0.3) is 0 Å². The SMILES string of the molecule is Cc1cc(C(Cl)c2ccc3[nH]c(=O)oc3c2)ccc1Cl. The van der Waals surface area contributed by atoms with Gasteiger partial charge in [0.1, 0.15) is 0 Å². The molecular formula is C15H11Cl2NO2. The lowest BCUT2D eigenvalue weighted by Crippen LogP contribution is -1.94. The number of fused-ring (bicyclic) bond motifs is 1. The zero-order chi connectivity index (χ0) is 14.3. The lowest BCUT2D eigenvalue weighted by Gasteiger charge is -2.11. The van der Waals surface area contributed by atoms with Crippen LogP contribution in [0.1, 0.15) is 22.1 Å². The summed E-state index contributed by atoms with van der Waals surface area (Å²) in [6.45, 7) is 1.93. The summed E-state index contributed by atoms with van der Waals surface area (Å²) in [7, 11) is 0. The second kappa shape index (κ2) is 5.00. The molecule has 0 aliphatic rings. The molecule has 3 aromatic rings. The largest absolute Gasteiger partial charge is 0.417 e. The number of alkyl halides is 1. The summed E-state index contributed by atoms with van der Waals surface area (Å²) in [5.41, 5.74) is 3.96. The summed E-state index contributed by atoms with van der Waals surface area (Å²) in [5, 5.41) is 0.389. The third kappa shape index (κ3) is 2.35. The first kappa shape index (κ1) is 13.3. The second-order valence-electron chi connectivity index (χ2n) is 4.64. The number of benzene rings is 2. The Morgan fingerprint density at radius 2 is 1.85 bits per heavy atom. The first-order valence-corrected chi connectivity index (χ1v) is 6.89. The van der Waals surface area contributed by atoms with Gasteiger partial charge in [0.15, 0.2) is 5.58 Å². The van der Waals surface area contributed by atoms with Crippen molar-refractivity contribution in [2.75, 3.05) is 0 Å². The van der Waals surface area contributed by atoms with E-state index in [4.69, 9.17) is 27.6 Å². The van der Waals surface area contributed by atoms with Crippen LogP contribution < -0.4 is 5.76 Å². The smallest absolute Gasteiger partial charge is 0.408 e. The van der Waals surface area contributed by atoms with E-state index in [1.165, 1.54) is 0 Å². The van der Waals surface area contributed by atoms with Gasteiger partial charge in [-0.25, -0.2) is 4.79 Å². The van der Waals surface area contributed by atoms with Crippen LogP contribution in [-0.2, 0) is 0 Å². The fraction of sp³-hybridized carbons (Fsp3) is 0.133. The van der Waals surface area contributed by atoms with Gasteiger partial charge in [0, 0.05) is 5.02 Å². The van der Waals surface area contributed by atoms with Crippen molar-refractivity contribution in [3.05, 3.63) is 68.7 Å². The first-order valence-electron chi connectivity index (χ1n) is 6.07. The first-order chi connectivity index (χ1) is 9.54. The molecule has 102 valence electrons. The van der Waals surface area contributed by atoms with E-state index < -0.39 is 5.76 Å². The van der Waals surface area contributed by atoms with Crippen molar-refractivity contribution < 1.29 is 4.42 Å². The highest BCUT2D eigenvalue weighted by atomic mass is 35.5. The van der Waals surface area contributed by atoms with E-state index in [0.29, 0.717) is 16.1 Å². The Morgan fingerprint density at radius 3 is 2.60 bits per heavy atom. The monoisotopic (exact) mass is 307 g/mol. The van der Waals surface area contributed by atoms with E-state index in [1.54, 1.807) is 12.1 Å². The van der Waals surface area contributed by atoms with Crippen LogP contribution in [-0.4, -0.2) is 4.98 Å². The molecule has 3 nitrogen and oxygen atoms in total. The van der Waals surface area contributed by atoms with Gasteiger partial charge >= 0.3 is 5.76 Å². The molecule has 0 fully saturated rings. The minimum atomic E-state index is -0.467. The van der Waals surface area contributed by atoms with Gasteiger partial charge < -0.3 is 4.42 Å². The number of aromatic amines is 1. The zero-order valence-corrected chi connectivity index (χ0v) is 12.1. The molecule has 1 atom stereocenters. The molecule has 1 unspecified atom stereocenters. The van der Waals surface area contributed by atoms with Crippen LogP contribution >= 0.6 is 23.2 Å². The van der Waals surface area contributed by atoms with Crippen molar-refractivity contribution in [2.24, 2.45) is 0 Å². The number of halogens is 2. The number of hydrogen-bond acceptors (Lipinski definition) is 2. The molecule has 0 saturated carbocycles. The topological polar surface area (TPSA) is 46.0 Å². The zero-order valence-electron chi connectivity index (χ0n) is 10.6. The van der Waals surface area contributed by atoms with Crippen LogP contribution in [0.15, 0.2) is 45.6 Å². The molecule has 1 N–H and O–H groups in total. The Kier molecular flexibility index (Phi) is 3.32. The summed E-state index contributed by atoms with van der Waals surface area (Å²) in [4.78, 5) is 13.8. The molecule has 0 aliphatic heterocycles. The lowest BCUT2D eigenvalue weighted by atomic mass is 10.0. The molecular weight excluding hydrogens is 297 g/mol. The molecule has 0 aliphatic carbocycles. The van der Waals surface area contributed by atoms with Crippen LogP contribution in [0.5, 0.6) is 0 Å². The lowest BCUT2D eigenvalue weighted by molar-refractivity contribution is 0.555. The van der Waals surface area contributed by atoms with Gasteiger partial charge in [-0.2, -0.15) is 0 Å². The molecule has 0 spiro atoms. The van der Waals surface area contributed by atoms with E-state index in [9.17, 15) is 4.79 Å². The molecule has 0 bridgehead atoms. The Morgan fingerprint density at radius 1 is 1.15 bits per heavy atom. The van der Waals surface area contributed by atoms with Gasteiger partial charge in [0.2, 0.25) is 0 Å². The van der Waals surface area contributed by atoms with Crippen LogP contribution in [0.3, 0.4) is 0 Å². The molecule has 5 heteroatoms. The Hall–Kier alpha value is -1.71. The third-order valence-electron chi connectivity index (χ3n) is 3.21. The molecule has 2 aromatic carbocycles. The molecule has 0 amide bonds. The van der Waals surface area contributed by atoms with Crippen molar-refractivity contribution in [2.45, 2.75) is 12.3 Å². The van der Waals surface area contributed by atoms with E-state index in [0.717, 1.165) is 16.7 Å². The third-order valence-corrected chi connectivity index (χ3v) is 4.14. The number of rotatable bonds is 2. The number of aryl methyl sites for hydroxylation is 1. The van der Waals surface area contributed by atoms with Gasteiger partial charge in [-0.05, 0) is 41.8 Å². The minimum absolute atomic E-state index is 0.324. The number of oxazole rings is 1. The van der Waals surface area contributed by atoms with Crippen LogP contribution in [0, 0.1) is 6.92 Å². The quantitative estimate of drug-likeness (QED) is 0.713. The summed E-state index contributed by atoms with van der Waals surface area (Å²) >= 11 is 12.5. The number of hydrogen-bond donors (Lipinski definition) is 1. The van der Waals surface area contributed by atoms with Crippen LogP contribution in [0.25, 0.3) is 11.1 Å². The normalized spacial score (nSPS) is 12.8. The maximum atomic E-state index is 11.2. The highest BCUT2D eigenvalue weighted by molar-refractivity contribution is 6.31. The molecule has 1 heterocycles. The van der Waals surface area contributed by atoms with Gasteiger partial charge in [-0.1, -0.05) is 29.8 Å². The van der Waals surface area contributed by atoms with Crippen molar-refractivity contribution in [3.63, 3.8) is 0 Å². The average Bonchev–Trinajstić information content (AvgIpc) is 2.80. The van der Waals surface area contributed by atoms with E-state index in [-0.39, 0.29) is 5.38 Å². The fourth-order valence-corrected chi connectivity index (χ4v) is 2.53. The van der Waals surface area contributed by atoms with Crippen molar-refractivity contribution in [3.8, 4) is 0 Å².